The minimum absolute atomic E-state index is 0.124. The number of benzene rings is 4. The summed E-state index contributed by atoms with van der Waals surface area (Å²) < 4.78 is 11.9. The van der Waals surface area contributed by atoms with Crippen LogP contribution in [0.15, 0.2) is 102 Å². The molecule has 1 amide bonds. The predicted molar refractivity (Wildman–Crippen MR) is 141 cm³/mol. The van der Waals surface area contributed by atoms with Crippen molar-refractivity contribution in [1.82, 2.24) is 5.32 Å². The molecule has 1 aliphatic rings. The number of thioether (sulfide) groups is 1. The van der Waals surface area contributed by atoms with Crippen LogP contribution in [-0.4, -0.2) is 25.3 Å². The van der Waals surface area contributed by atoms with Crippen molar-refractivity contribution in [3.8, 4) is 17.2 Å². The number of carbonyl (C=O) groups is 1. The molecule has 35 heavy (non-hydrogen) atoms. The van der Waals surface area contributed by atoms with E-state index in [9.17, 15) is 4.79 Å². The molecule has 6 heteroatoms. The van der Waals surface area contributed by atoms with E-state index in [0.29, 0.717) is 31.0 Å². The number of para-hydroxylation sites is 1. The third-order valence-electron chi connectivity index (χ3n) is 5.81. The molecule has 0 saturated heterocycles. The zero-order valence-electron chi connectivity index (χ0n) is 19.4. The maximum atomic E-state index is 12.8. The van der Waals surface area contributed by atoms with Gasteiger partial charge in [0.2, 0.25) is 0 Å². The average molecular weight is 483 g/mol. The van der Waals surface area contributed by atoms with Crippen LogP contribution in [0.3, 0.4) is 0 Å². The van der Waals surface area contributed by atoms with Crippen LogP contribution in [0.1, 0.15) is 15.9 Å². The zero-order chi connectivity index (χ0) is 24.0. The van der Waals surface area contributed by atoms with Crippen LogP contribution in [0.2, 0.25) is 0 Å². The molecule has 0 atom stereocenters. The second kappa shape index (κ2) is 10.6. The first-order valence-electron chi connectivity index (χ1n) is 11.5. The van der Waals surface area contributed by atoms with Crippen molar-refractivity contribution in [1.29, 1.82) is 0 Å². The summed E-state index contributed by atoms with van der Waals surface area (Å²) in [6.07, 6.45) is 2.05. The molecule has 0 unspecified atom stereocenters. The van der Waals surface area contributed by atoms with Gasteiger partial charge in [0.15, 0.2) is 0 Å². The van der Waals surface area contributed by atoms with Gasteiger partial charge in [-0.15, -0.1) is 11.8 Å². The van der Waals surface area contributed by atoms with Gasteiger partial charge >= 0.3 is 0 Å². The Morgan fingerprint density at radius 3 is 2.54 bits per heavy atom. The first-order chi connectivity index (χ1) is 17.2. The number of hydrogen-bond donors (Lipinski definition) is 1. The van der Waals surface area contributed by atoms with Crippen molar-refractivity contribution < 1.29 is 14.3 Å². The Bertz CT molecular complexity index is 1310. The summed E-state index contributed by atoms with van der Waals surface area (Å²) in [5, 5.41) is 3.00. The van der Waals surface area contributed by atoms with Gasteiger partial charge in [-0.3, -0.25) is 4.79 Å². The number of nitrogens with zero attached hydrogens (tertiary/aromatic N) is 1. The second-order valence-electron chi connectivity index (χ2n) is 8.13. The Morgan fingerprint density at radius 2 is 1.74 bits per heavy atom. The fraction of sp³-hybridized carbons (Fsp3) is 0.138. The van der Waals surface area contributed by atoms with Crippen molar-refractivity contribution in [3.05, 3.63) is 108 Å². The van der Waals surface area contributed by atoms with Gasteiger partial charge in [0, 0.05) is 28.8 Å². The quantitative estimate of drug-likeness (QED) is 0.299. The number of hydrogen-bond acceptors (Lipinski definition) is 5. The molecular formula is C29H26N2O3S. The molecule has 0 bridgehead atoms. The summed E-state index contributed by atoms with van der Waals surface area (Å²) in [7, 11) is 0. The molecule has 0 spiro atoms. The normalized spacial score (nSPS) is 12.4. The van der Waals surface area contributed by atoms with E-state index in [1.807, 2.05) is 85.1 Å². The largest absolute Gasteiger partial charge is 0.490 e. The molecule has 0 fully saturated rings. The highest BCUT2D eigenvalue weighted by Crippen LogP contribution is 2.38. The van der Waals surface area contributed by atoms with E-state index in [-0.39, 0.29) is 5.91 Å². The lowest BCUT2D eigenvalue weighted by Crippen LogP contribution is -2.29. The van der Waals surface area contributed by atoms with Crippen molar-refractivity contribution in [2.75, 3.05) is 24.3 Å². The highest BCUT2D eigenvalue weighted by molar-refractivity contribution is 7.98. The Kier molecular flexibility index (Phi) is 6.91. The van der Waals surface area contributed by atoms with Gasteiger partial charge < -0.3 is 19.7 Å². The maximum absolute atomic E-state index is 12.8. The first-order valence-corrected chi connectivity index (χ1v) is 12.7. The van der Waals surface area contributed by atoms with Crippen molar-refractivity contribution in [2.24, 2.45) is 0 Å². The number of fused-ring (bicyclic) bond motifs is 1. The number of nitrogens with one attached hydrogen (secondary N) is 1. The zero-order valence-corrected chi connectivity index (χ0v) is 20.3. The highest BCUT2D eigenvalue weighted by Gasteiger charge is 2.21. The molecule has 1 N–H and O–H groups in total. The van der Waals surface area contributed by atoms with Crippen molar-refractivity contribution in [2.45, 2.75) is 11.4 Å². The number of carbonyl (C=O) groups excluding carboxylic acids is 1. The maximum Gasteiger partial charge on any atom is 0.251 e. The number of ether oxygens (including phenoxy) is 2. The molecule has 4 aromatic carbocycles. The SMILES string of the molecule is CSc1ccc(CNC(=O)c2ccc3c(c2)OCCN3c2cccc(Oc3ccccc3)c2)cc1. The predicted octanol–water partition coefficient (Wildman–Crippen LogP) is 6.66. The molecule has 0 aromatic heterocycles. The van der Waals surface area contributed by atoms with Gasteiger partial charge in [0.05, 0.1) is 12.2 Å². The molecule has 5 nitrogen and oxygen atoms in total. The Labute approximate surface area is 209 Å². The van der Waals surface area contributed by atoms with Gasteiger partial charge in [-0.1, -0.05) is 36.4 Å². The first kappa shape index (κ1) is 22.9. The van der Waals surface area contributed by atoms with Crippen LogP contribution < -0.4 is 19.7 Å². The fourth-order valence-electron chi connectivity index (χ4n) is 4.00. The van der Waals surface area contributed by atoms with E-state index in [2.05, 4.69) is 28.4 Å². The lowest BCUT2D eigenvalue weighted by Gasteiger charge is -2.31. The minimum Gasteiger partial charge on any atom is -0.490 e. The van der Waals surface area contributed by atoms with Crippen molar-refractivity contribution in [3.63, 3.8) is 0 Å². The lowest BCUT2D eigenvalue weighted by molar-refractivity contribution is 0.0950. The molecule has 1 heterocycles. The summed E-state index contributed by atoms with van der Waals surface area (Å²) in [6, 6.07) is 31.5. The van der Waals surface area contributed by atoms with Crippen LogP contribution in [0.25, 0.3) is 0 Å². The summed E-state index contributed by atoms with van der Waals surface area (Å²) in [4.78, 5) is 16.2. The Balaban J connectivity index is 1.30. The lowest BCUT2D eigenvalue weighted by atomic mass is 10.1. The van der Waals surface area contributed by atoms with E-state index in [0.717, 1.165) is 28.4 Å². The fourth-order valence-corrected chi connectivity index (χ4v) is 4.41. The average Bonchev–Trinajstić information content (AvgIpc) is 2.92. The number of anilines is 2. The molecule has 176 valence electrons. The smallest absolute Gasteiger partial charge is 0.251 e. The van der Waals surface area contributed by atoms with Gasteiger partial charge in [-0.25, -0.2) is 0 Å². The van der Waals surface area contributed by atoms with Gasteiger partial charge in [0.1, 0.15) is 23.9 Å². The monoisotopic (exact) mass is 482 g/mol. The van der Waals surface area contributed by atoms with Gasteiger partial charge in [-0.05, 0) is 66.4 Å². The Hall–Kier alpha value is -3.90. The highest BCUT2D eigenvalue weighted by atomic mass is 32.2. The van der Waals surface area contributed by atoms with Crippen molar-refractivity contribution >= 4 is 29.0 Å². The van der Waals surface area contributed by atoms with E-state index in [1.54, 1.807) is 11.8 Å². The number of rotatable bonds is 7. The van der Waals surface area contributed by atoms with Crippen LogP contribution in [0, 0.1) is 0 Å². The Morgan fingerprint density at radius 1 is 0.943 bits per heavy atom. The molecule has 1 aliphatic heterocycles. The van der Waals surface area contributed by atoms with E-state index >= 15 is 0 Å². The summed E-state index contributed by atoms with van der Waals surface area (Å²) >= 11 is 1.70. The molecule has 5 rings (SSSR count). The second-order valence-corrected chi connectivity index (χ2v) is 9.01. The molecule has 0 saturated carbocycles. The molecule has 0 aliphatic carbocycles. The standard InChI is InChI=1S/C29H26N2O3S/c1-35-26-13-10-21(11-14-26)20-30-29(32)22-12-15-27-28(18-22)33-17-16-31(27)23-6-5-9-25(19-23)34-24-7-3-2-4-8-24/h2-15,18-19H,16-17,20H2,1H3,(H,30,32). The third-order valence-corrected chi connectivity index (χ3v) is 6.55. The minimum atomic E-state index is -0.124. The van der Waals surface area contributed by atoms with Gasteiger partial charge in [0.25, 0.3) is 5.91 Å². The molecular weight excluding hydrogens is 456 g/mol. The van der Waals surface area contributed by atoms with E-state index < -0.39 is 0 Å². The van der Waals surface area contributed by atoms with Crippen LogP contribution in [0.4, 0.5) is 11.4 Å². The van der Waals surface area contributed by atoms with Gasteiger partial charge in [-0.2, -0.15) is 0 Å². The summed E-state index contributed by atoms with van der Waals surface area (Å²) in [5.41, 5.74) is 3.58. The van der Waals surface area contributed by atoms with Crippen LogP contribution in [-0.2, 0) is 6.54 Å². The molecule has 4 aromatic rings. The summed E-state index contributed by atoms with van der Waals surface area (Å²) in [6.45, 7) is 1.72. The van der Waals surface area contributed by atoms with E-state index in [4.69, 9.17) is 9.47 Å². The summed E-state index contributed by atoms with van der Waals surface area (Å²) in [5.74, 6) is 2.13. The number of amides is 1. The topological polar surface area (TPSA) is 50.8 Å². The van der Waals surface area contributed by atoms with Crippen LogP contribution >= 0.6 is 11.8 Å². The third kappa shape index (κ3) is 5.44. The van der Waals surface area contributed by atoms with E-state index in [1.165, 1.54) is 4.90 Å². The van der Waals surface area contributed by atoms with Crippen LogP contribution in [0.5, 0.6) is 17.2 Å². The molecule has 0 radical (unpaired) electrons.